The maximum atomic E-state index is 12.2. The van der Waals surface area contributed by atoms with Crippen LogP contribution in [0.3, 0.4) is 0 Å². The lowest BCUT2D eigenvalue weighted by molar-refractivity contribution is -0.384. The predicted molar refractivity (Wildman–Crippen MR) is 87.8 cm³/mol. The molecule has 120 valence electrons. The second-order valence-corrected chi connectivity index (χ2v) is 4.86. The van der Waals surface area contributed by atoms with Crippen molar-refractivity contribution in [3.8, 4) is 5.75 Å². The van der Waals surface area contributed by atoms with Gasteiger partial charge in [-0.2, -0.15) is 0 Å². The number of nitro benzene ring substituents is 1. The Balaban J connectivity index is 2.01. The van der Waals surface area contributed by atoms with Gasteiger partial charge >= 0.3 is 0 Å². The highest BCUT2D eigenvalue weighted by Crippen LogP contribution is 2.24. The highest BCUT2D eigenvalue weighted by atomic mass is 16.6. The number of anilines is 2. The summed E-state index contributed by atoms with van der Waals surface area (Å²) in [5.74, 6) is 0.382. The van der Waals surface area contributed by atoms with Crippen LogP contribution in [0.15, 0.2) is 48.5 Å². The van der Waals surface area contributed by atoms with Crippen molar-refractivity contribution in [1.82, 2.24) is 0 Å². The summed E-state index contributed by atoms with van der Waals surface area (Å²) in [5, 5.41) is 16.4. The number of nitrogens with one attached hydrogen (secondary N) is 2. The molecule has 2 N–H and O–H groups in total. The summed E-state index contributed by atoms with van der Waals surface area (Å²) in [6, 6.07) is 12.4. The number of carbonyl (C=O) groups is 1. The standard InChI is InChI=1S/C16H17N3O4/c1-11(17-14-5-3-4-6-15(14)23-2)16(20)18-12-7-9-13(10-8-12)19(21)22/h3-11,17H,1-2H3,(H,18,20)/t11-/m0/s1. The summed E-state index contributed by atoms with van der Waals surface area (Å²) in [6.45, 7) is 1.72. The van der Waals surface area contributed by atoms with Gasteiger partial charge in [-0.3, -0.25) is 14.9 Å². The van der Waals surface area contributed by atoms with Gasteiger partial charge in [-0.25, -0.2) is 0 Å². The van der Waals surface area contributed by atoms with Gasteiger partial charge in [0.1, 0.15) is 11.8 Å². The fourth-order valence-corrected chi connectivity index (χ4v) is 1.98. The molecule has 0 aromatic heterocycles. The molecule has 0 heterocycles. The number of nitrogens with zero attached hydrogens (tertiary/aromatic N) is 1. The topological polar surface area (TPSA) is 93.5 Å². The van der Waals surface area contributed by atoms with Gasteiger partial charge in [-0.1, -0.05) is 12.1 Å². The molecular weight excluding hydrogens is 298 g/mol. The van der Waals surface area contributed by atoms with Crippen LogP contribution in [0.1, 0.15) is 6.92 Å². The van der Waals surface area contributed by atoms with E-state index in [1.165, 1.54) is 24.3 Å². The third-order valence-corrected chi connectivity index (χ3v) is 3.22. The molecule has 0 aliphatic rings. The Bertz CT molecular complexity index is 701. The molecule has 0 aliphatic heterocycles. The van der Waals surface area contributed by atoms with Crippen molar-refractivity contribution < 1.29 is 14.5 Å². The van der Waals surface area contributed by atoms with Crippen LogP contribution in [0.25, 0.3) is 0 Å². The Kier molecular flexibility index (Phi) is 5.14. The summed E-state index contributed by atoms with van der Waals surface area (Å²) in [6.07, 6.45) is 0. The van der Waals surface area contributed by atoms with E-state index in [0.29, 0.717) is 17.1 Å². The van der Waals surface area contributed by atoms with Gasteiger partial charge in [0.25, 0.3) is 5.69 Å². The highest BCUT2D eigenvalue weighted by molar-refractivity contribution is 5.96. The normalized spacial score (nSPS) is 11.4. The quantitative estimate of drug-likeness (QED) is 0.631. The first-order valence-electron chi connectivity index (χ1n) is 6.96. The molecule has 2 rings (SSSR count). The first-order chi connectivity index (χ1) is 11.0. The molecule has 0 saturated carbocycles. The second-order valence-electron chi connectivity index (χ2n) is 4.86. The van der Waals surface area contributed by atoms with Gasteiger partial charge in [0.05, 0.1) is 17.7 Å². The zero-order chi connectivity index (χ0) is 16.8. The molecule has 1 amide bonds. The highest BCUT2D eigenvalue weighted by Gasteiger charge is 2.15. The number of benzene rings is 2. The number of non-ortho nitro benzene ring substituents is 1. The molecule has 2 aromatic rings. The molecule has 0 unspecified atom stereocenters. The van der Waals surface area contributed by atoms with Crippen molar-refractivity contribution in [3.63, 3.8) is 0 Å². The molecule has 0 aliphatic carbocycles. The molecule has 2 aromatic carbocycles. The van der Waals surface area contributed by atoms with Gasteiger partial charge in [-0.15, -0.1) is 0 Å². The Labute approximate surface area is 133 Å². The van der Waals surface area contributed by atoms with Crippen molar-refractivity contribution in [3.05, 3.63) is 58.6 Å². The lowest BCUT2D eigenvalue weighted by atomic mass is 10.2. The summed E-state index contributed by atoms with van der Waals surface area (Å²) in [4.78, 5) is 22.3. The van der Waals surface area contributed by atoms with E-state index in [-0.39, 0.29) is 11.6 Å². The summed E-state index contributed by atoms with van der Waals surface area (Å²) >= 11 is 0. The fraction of sp³-hybridized carbons (Fsp3) is 0.188. The number of carbonyl (C=O) groups excluding carboxylic acids is 1. The summed E-state index contributed by atoms with van der Waals surface area (Å²) in [5.41, 5.74) is 1.18. The molecule has 0 saturated heterocycles. The van der Waals surface area contributed by atoms with E-state index >= 15 is 0 Å². The second kappa shape index (κ2) is 7.26. The Morgan fingerprint density at radius 3 is 2.43 bits per heavy atom. The lowest BCUT2D eigenvalue weighted by Crippen LogP contribution is -2.32. The maximum Gasteiger partial charge on any atom is 0.269 e. The van der Waals surface area contributed by atoms with Crippen molar-refractivity contribution >= 4 is 23.0 Å². The molecule has 1 atom stereocenters. The molecule has 0 fully saturated rings. The van der Waals surface area contributed by atoms with Crippen molar-refractivity contribution in [1.29, 1.82) is 0 Å². The average Bonchev–Trinajstić information content (AvgIpc) is 2.55. The first-order valence-corrected chi connectivity index (χ1v) is 6.96. The summed E-state index contributed by atoms with van der Waals surface area (Å²) in [7, 11) is 1.56. The molecule has 23 heavy (non-hydrogen) atoms. The number of methoxy groups -OCH3 is 1. The van der Waals surface area contributed by atoms with Crippen LogP contribution in [0.2, 0.25) is 0 Å². The Morgan fingerprint density at radius 1 is 1.17 bits per heavy atom. The lowest BCUT2D eigenvalue weighted by Gasteiger charge is -2.17. The monoisotopic (exact) mass is 315 g/mol. The van der Waals surface area contributed by atoms with Gasteiger partial charge in [0, 0.05) is 17.8 Å². The van der Waals surface area contributed by atoms with Gasteiger partial charge in [-0.05, 0) is 31.2 Å². The number of ether oxygens (including phenoxy) is 1. The van der Waals surface area contributed by atoms with Crippen LogP contribution in [-0.4, -0.2) is 24.0 Å². The van der Waals surface area contributed by atoms with Crippen LogP contribution < -0.4 is 15.4 Å². The van der Waals surface area contributed by atoms with Gasteiger partial charge in [0.15, 0.2) is 0 Å². The largest absolute Gasteiger partial charge is 0.495 e. The van der Waals surface area contributed by atoms with Crippen LogP contribution in [0.5, 0.6) is 5.75 Å². The average molecular weight is 315 g/mol. The third kappa shape index (κ3) is 4.19. The van der Waals surface area contributed by atoms with Crippen molar-refractivity contribution in [2.45, 2.75) is 13.0 Å². The van der Waals surface area contributed by atoms with E-state index in [4.69, 9.17) is 4.74 Å². The number of nitro groups is 1. The number of rotatable bonds is 6. The maximum absolute atomic E-state index is 12.2. The van der Waals surface area contributed by atoms with E-state index in [2.05, 4.69) is 10.6 Å². The van der Waals surface area contributed by atoms with Crippen LogP contribution in [0.4, 0.5) is 17.1 Å². The van der Waals surface area contributed by atoms with E-state index in [1.807, 2.05) is 18.2 Å². The van der Waals surface area contributed by atoms with Crippen LogP contribution in [-0.2, 0) is 4.79 Å². The zero-order valence-electron chi connectivity index (χ0n) is 12.8. The minimum Gasteiger partial charge on any atom is -0.495 e. The number of para-hydroxylation sites is 2. The Hall–Kier alpha value is -3.09. The minimum atomic E-state index is -0.513. The molecule has 7 nitrogen and oxygen atoms in total. The van der Waals surface area contributed by atoms with Crippen LogP contribution >= 0.6 is 0 Å². The summed E-state index contributed by atoms with van der Waals surface area (Å²) < 4.78 is 5.22. The molecular formula is C16H17N3O4. The smallest absolute Gasteiger partial charge is 0.269 e. The first kappa shape index (κ1) is 16.3. The molecule has 0 spiro atoms. The number of hydrogen-bond donors (Lipinski definition) is 2. The zero-order valence-corrected chi connectivity index (χ0v) is 12.8. The molecule has 0 radical (unpaired) electrons. The molecule has 7 heteroatoms. The van der Waals surface area contributed by atoms with Crippen molar-refractivity contribution in [2.75, 3.05) is 17.7 Å². The molecule has 0 bridgehead atoms. The van der Waals surface area contributed by atoms with E-state index in [1.54, 1.807) is 20.1 Å². The number of amides is 1. The van der Waals surface area contributed by atoms with Gasteiger partial charge in [0.2, 0.25) is 5.91 Å². The van der Waals surface area contributed by atoms with E-state index in [9.17, 15) is 14.9 Å². The van der Waals surface area contributed by atoms with Crippen LogP contribution in [0, 0.1) is 10.1 Å². The van der Waals surface area contributed by atoms with Crippen molar-refractivity contribution in [2.24, 2.45) is 0 Å². The number of hydrogen-bond acceptors (Lipinski definition) is 5. The van der Waals surface area contributed by atoms with E-state index in [0.717, 1.165) is 0 Å². The predicted octanol–water partition coefficient (Wildman–Crippen LogP) is 3.04. The van der Waals surface area contributed by atoms with E-state index < -0.39 is 11.0 Å². The fourth-order valence-electron chi connectivity index (χ4n) is 1.98. The van der Waals surface area contributed by atoms with Gasteiger partial charge < -0.3 is 15.4 Å². The Morgan fingerprint density at radius 2 is 1.83 bits per heavy atom. The minimum absolute atomic E-state index is 0.0248. The third-order valence-electron chi connectivity index (χ3n) is 3.22. The SMILES string of the molecule is COc1ccccc1N[C@@H](C)C(=O)Nc1ccc([N+](=O)[O-])cc1.